The molecule has 9 heteroatoms. The van der Waals surface area contributed by atoms with Crippen LogP contribution in [0.4, 0.5) is 16.2 Å². The van der Waals surface area contributed by atoms with Crippen molar-refractivity contribution in [2.24, 2.45) is 0 Å². The van der Waals surface area contributed by atoms with Crippen molar-refractivity contribution >= 4 is 24.3 Å². The van der Waals surface area contributed by atoms with E-state index in [2.05, 4.69) is 9.97 Å². The van der Waals surface area contributed by atoms with Gasteiger partial charge in [0.05, 0.1) is 16.9 Å². The van der Waals surface area contributed by atoms with E-state index in [-0.39, 0.29) is 23.0 Å². The van der Waals surface area contributed by atoms with Crippen molar-refractivity contribution in [1.82, 2.24) is 9.97 Å². The van der Waals surface area contributed by atoms with Crippen molar-refractivity contribution in [1.29, 1.82) is 5.26 Å². The van der Waals surface area contributed by atoms with Gasteiger partial charge in [0.2, 0.25) is 5.95 Å². The third-order valence-corrected chi connectivity index (χ3v) is 4.84. The molecule has 0 radical (unpaired) electrons. The van der Waals surface area contributed by atoms with Gasteiger partial charge in [0, 0.05) is 5.56 Å². The monoisotopic (exact) mass is 355 g/mol. The second-order valence-corrected chi connectivity index (χ2v) is 7.12. The summed E-state index contributed by atoms with van der Waals surface area (Å²) in [5.41, 5.74) is 11.4. The van der Waals surface area contributed by atoms with E-state index in [0.717, 1.165) is 0 Å². The molecule has 0 amide bonds. The predicted octanol–water partition coefficient (Wildman–Crippen LogP) is 1.62. The average Bonchev–Trinajstić information content (AvgIpc) is 2.74. The van der Waals surface area contributed by atoms with Gasteiger partial charge in [-0.05, 0) is 45.3 Å². The summed E-state index contributed by atoms with van der Waals surface area (Å²) >= 11 is 0. The standard InChI is InChI=1S/C17H19BFN5O2/c1-16(2)17(3,4)26-18(25-16)12-7-9(19)5-6-10(12)13-11(8-20)14(21)24-15(22)23-13/h5-7H,1-4H3,(H4,21,22,23,24). The normalized spacial score (nSPS) is 17.9. The lowest BCUT2D eigenvalue weighted by Gasteiger charge is -2.32. The summed E-state index contributed by atoms with van der Waals surface area (Å²) in [6.07, 6.45) is 0. The minimum Gasteiger partial charge on any atom is -0.399 e. The molecule has 1 saturated heterocycles. The molecule has 0 saturated carbocycles. The summed E-state index contributed by atoms with van der Waals surface area (Å²) in [7, 11) is -0.838. The second kappa shape index (κ2) is 5.93. The smallest absolute Gasteiger partial charge is 0.399 e. The minimum atomic E-state index is -0.838. The van der Waals surface area contributed by atoms with Gasteiger partial charge in [0.15, 0.2) is 0 Å². The molecule has 26 heavy (non-hydrogen) atoms. The predicted molar refractivity (Wildman–Crippen MR) is 96.7 cm³/mol. The minimum absolute atomic E-state index is 0.0424. The molecule has 0 atom stereocenters. The third-order valence-electron chi connectivity index (χ3n) is 4.84. The fraction of sp³-hybridized carbons (Fsp3) is 0.353. The van der Waals surface area contributed by atoms with Gasteiger partial charge >= 0.3 is 7.12 Å². The van der Waals surface area contributed by atoms with Crippen LogP contribution in [0, 0.1) is 17.1 Å². The Labute approximate surface area is 151 Å². The fourth-order valence-corrected chi connectivity index (χ4v) is 2.72. The van der Waals surface area contributed by atoms with Crippen LogP contribution in [0.15, 0.2) is 18.2 Å². The van der Waals surface area contributed by atoms with Crippen molar-refractivity contribution in [2.45, 2.75) is 38.9 Å². The molecule has 0 bridgehead atoms. The topological polar surface area (TPSA) is 120 Å². The molecule has 1 aliphatic rings. The molecule has 3 rings (SSSR count). The highest BCUT2D eigenvalue weighted by Crippen LogP contribution is 2.37. The lowest BCUT2D eigenvalue weighted by atomic mass is 9.74. The largest absolute Gasteiger partial charge is 0.495 e. The number of benzene rings is 1. The number of nitriles is 1. The second-order valence-electron chi connectivity index (χ2n) is 7.12. The van der Waals surface area contributed by atoms with Crippen LogP contribution < -0.4 is 16.9 Å². The summed E-state index contributed by atoms with van der Waals surface area (Å²) in [5, 5.41) is 9.44. The van der Waals surface area contributed by atoms with E-state index in [1.807, 2.05) is 33.8 Å². The number of rotatable bonds is 2. The highest BCUT2D eigenvalue weighted by Gasteiger charge is 2.52. The number of hydrogen-bond donors (Lipinski definition) is 2. The quantitative estimate of drug-likeness (QED) is 0.785. The summed E-state index contributed by atoms with van der Waals surface area (Å²) in [5.74, 6) is -0.591. The van der Waals surface area contributed by atoms with Gasteiger partial charge in [-0.25, -0.2) is 9.37 Å². The fourth-order valence-electron chi connectivity index (χ4n) is 2.72. The summed E-state index contributed by atoms with van der Waals surface area (Å²) < 4.78 is 26.0. The van der Waals surface area contributed by atoms with Crippen molar-refractivity contribution in [2.75, 3.05) is 11.5 Å². The maximum Gasteiger partial charge on any atom is 0.495 e. The van der Waals surface area contributed by atoms with Crippen LogP contribution in [0.3, 0.4) is 0 Å². The van der Waals surface area contributed by atoms with Crippen LogP contribution in [0.25, 0.3) is 11.3 Å². The molecule has 0 unspecified atom stereocenters. The Bertz CT molecular complexity index is 910. The van der Waals surface area contributed by atoms with Crippen LogP contribution in [0.1, 0.15) is 33.3 Å². The molecule has 7 nitrogen and oxygen atoms in total. The Morgan fingerprint density at radius 2 is 1.73 bits per heavy atom. The van der Waals surface area contributed by atoms with Crippen molar-refractivity contribution in [3.05, 3.63) is 29.6 Å². The van der Waals surface area contributed by atoms with Gasteiger partial charge in [0.1, 0.15) is 23.3 Å². The van der Waals surface area contributed by atoms with E-state index in [9.17, 15) is 9.65 Å². The lowest BCUT2D eigenvalue weighted by Crippen LogP contribution is -2.41. The summed E-state index contributed by atoms with van der Waals surface area (Å²) in [6.45, 7) is 7.58. The summed E-state index contributed by atoms with van der Waals surface area (Å²) in [6, 6.07) is 6.03. The zero-order valence-corrected chi connectivity index (χ0v) is 15.0. The molecule has 1 aliphatic heterocycles. The Balaban J connectivity index is 2.20. The Hall–Kier alpha value is -2.70. The Morgan fingerprint density at radius 3 is 2.31 bits per heavy atom. The first kappa shape index (κ1) is 18.1. The zero-order valence-electron chi connectivity index (χ0n) is 15.0. The van der Waals surface area contributed by atoms with Gasteiger partial charge in [-0.3, -0.25) is 0 Å². The first-order chi connectivity index (χ1) is 12.1. The SMILES string of the molecule is CC1(C)OB(c2cc(F)ccc2-c2nc(N)nc(N)c2C#N)OC1(C)C. The number of hydrogen-bond acceptors (Lipinski definition) is 7. The molecule has 1 aromatic carbocycles. The Morgan fingerprint density at radius 1 is 1.12 bits per heavy atom. The van der Waals surface area contributed by atoms with Crippen LogP contribution in [0.2, 0.25) is 0 Å². The summed E-state index contributed by atoms with van der Waals surface area (Å²) in [4.78, 5) is 7.95. The number of anilines is 2. The molecule has 1 aromatic heterocycles. The molecule has 0 aliphatic carbocycles. The first-order valence-electron chi connectivity index (χ1n) is 8.04. The molecule has 2 aromatic rings. The number of nitrogens with zero attached hydrogens (tertiary/aromatic N) is 3. The maximum atomic E-state index is 14.0. The molecule has 1 fully saturated rings. The van der Waals surface area contributed by atoms with Crippen molar-refractivity contribution in [3.63, 3.8) is 0 Å². The Kier molecular flexibility index (Phi) is 4.13. The van der Waals surface area contributed by atoms with Crippen LogP contribution in [-0.4, -0.2) is 28.3 Å². The molecule has 4 N–H and O–H groups in total. The maximum absolute atomic E-state index is 14.0. The van der Waals surface area contributed by atoms with Gasteiger partial charge in [0.25, 0.3) is 0 Å². The first-order valence-corrected chi connectivity index (χ1v) is 8.04. The zero-order chi connectivity index (χ0) is 19.3. The van der Waals surface area contributed by atoms with E-state index >= 15 is 0 Å². The van der Waals surface area contributed by atoms with Crippen LogP contribution in [-0.2, 0) is 9.31 Å². The molecular weight excluding hydrogens is 336 g/mol. The van der Waals surface area contributed by atoms with Gasteiger partial charge < -0.3 is 20.8 Å². The molecule has 134 valence electrons. The molecule has 0 spiro atoms. The van der Waals surface area contributed by atoms with Crippen molar-refractivity contribution < 1.29 is 13.7 Å². The molecule has 2 heterocycles. The van der Waals surface area contributed by atoms with Gasteiger partial charge in [-0.1, -0.05) is 6.07 Å². The van der Waals surface area contributed by atoms with Crippen LogP contribution >= 0.6 is 0 Å². The van der Waals surface area contributed by atoms with E-state index in [1.54, 1.807) is 0 Å². The number of aromatic nitrogens is 2. The number of nitrogen functional groups attached to an aromatic ring is 2. The van der Waals surface area contributed by atoms with Gasteiger partial charge in [-0.2, -0.15) is 10.2 Å². The van der Waals surface area contributed by atoms with E-state index in [4.69, 9.17) is 20.8 Å². The van der Waals surface area contributed by atoms with E-state index in [0.29, 0.717) is 11.0 Å². The van der Waals surface area contributed by atoms with Crippen molar-refractivity contribution in [3.8, 4) is 17.3 Å². The van der Waals surface area contributed by atoms with Gasteiger partial charge in [-0.15, -0.1) is 0 Å². The molecular formula is C17H19BFN5O2. The highest BCUT2D eigenvalue weighted by molar-refractivity contribution is 6.63. The highest BCUT2D eigenvalue weighted by atomic mass is 19.1. The lowest BCUT2D eigenvalue weighted by molar-refractivity contribution is 0.00578. The van der Waals surface area contributed by atoms with E-state index in [1.165, 1.54) is 18.2 Å². The number of halogens is 1. The number of nitrogens with two attached hydrogens (primary N) is 2. The van der Waals surface area contributed by atoms with E-state index < -0.39 is 24.1 Å². The van der Waals surface area contributed by atoms with Crippen LogP contribution in [0.5, 0.6) is 0 Å². The average molecular weight is 355 g/mol. The third kappa shape index (κ3) is 2.87.